The number of carbonyl (C=O) groups is 1. The van der Waals surface area contributed by atoms with E-state index in [-0.39, 0.29) is 11.5 Å². The highest BCUT2D eigenvalue weighted by Crippen LogP contribution is 2.31. The number of Topliss-reactive ketones (excluding diaryl/α,β-unsaturated/α-hetero) is 1. The van der Waals surface area contributed by atoms with Crippen LogP contribution in [-0.2, 0) is 0 Å². The number of ketones is 1. The van der Waals surface area contributed by atoms with Crippen molar-refractivity contribution in [1.82, 2.24) is 14.6 Å². The molecule has 4 aromatic rings. The SMILES string of the molecule is O=C(CSc1nnc2scc(-c3ccc(Cl)cc3)n12)c1ccc(Cl)c(Cl)c1. The Labute approximate surface area is 178 Å². The number of thioether (sulfide) groups is 1. The van der Waals surface area contributed by atoms with Crippen molar-refractivity contribution in [2.45, 2.75) is 5.16 Å². The van der Waals surface area contributed by atoms with Gasteiger partial charge in [0.15, 0.2) is 10.9 Å². The lowest BCUT2D eigenvalue weighted by Crippen LogP contribution is -2.03. The summed E-state index contributed by atoms with van der Waals surface area (Å²) in [6.07, 6.45) is 0. The number of benzene rings is 2. The van der Waals surface area contributed by atoms with Crippen LogP contribution in [0, 0.1) is 0 Å². The first kappa shape index (κ1) is 18.8. The van der Waals surface area contributed by atoms with E-state index in [4.69, 9.17) is 34.8 Å². The number of thiazole rings is 1. The maximum atomic E-state index is 12.5. The minimum atomic E-state index is -0.0569. The lowest BCUT2D eigenvalue weighted by molar-refractivity contribution is 0.102. The van der Waals surface area contributed by atoms with Crippen molar-refractivity contribution in [1.29, 1.82) is 0 Å². The second kappa shape index (κ2) is 7.81. The highest BCUT2D eigenvalue weighted by molar-refractivity contribution is 7.99. The Morgan fingerprint density at radius 3 is 2.56 bits per heavy atom. The van der Waals surface area contributed by atoms with Gasteiger partial charge in [-0.05, 0) is 35.9 Å². The summed E-state index contributed by atoms with van der Waals surface area (Å²) >= 11 is 20.7. The zero-order chi connectivity index (χ0) is 19.0. The van der Waals surface area contributed by atoms with Crippen LogP contribution in [0.15, 0.2) is 53.0 Å². The van der Waals surface area contributed by atoms with E-state index in [0.717, 1.165) is 16.2 Å². The summed E-state index contributed by atoms with van der Waals surface area (Å²) in [5.74, 6) is 0.160. The average Bonchev–Trinajstić information content (AvgIpc) is 3.25. The van der Waals surface area contributed by atoms with Gasteiger partial charge in [0, 0.05) is 16.0 Å². The van der Waals surface area contributed by atoms with E-state index in [1.165, 1.54) is 23.1 Å². The Morgan fingerprint density at radius 2 is 1.81 bits per heavy atom. The third-order valence-electron chi connectivity index (χ3n) is 3.83. The highest BCUT2D eigenvalue weighted by Gasteiger charge is 2.16. The van der Waals surface area contributed by atoms with Gasteiger partial charge in [-0.3, -0.25) is 9.20 Å². The van der Waals surface area contributed by atoms with Gasteiger partial charge < -0.3 is 0 Å². The summed E-state index contributed by atoms with van der Waals surface area (Å²) in [6, 6.07) is 12.4. The van der Waals surface area contributed by atoms with Crippen LogP contribution >= 0.6 is 57.9 Å². The van der Waals surface area contributed by atoms with E-state index in [9.17, 15) is 4.79 Å². The molecule has 2 heterocycles. The fraction of sp³-hybridized carbons (Fsp3) is 0.0556. The monoisotopic (exact) mass is 453 g/mol. The van der Waals surface area contributed by atoms with Crippen LogP contribution in [0.5, 0.6) is 0 Å². The largest absolute Gasteiger partial charge is 0.293 e. The standard InChI is InChI=1S/C18H10Cl3N3OS2/c19-12-4-1-10(2-5-12)15-8-26-17-22-23-18(24(15)17)27-9-16(25)11-3-6-13(20)14(21)7-11/h1-8H,9H2. The van der Waals surface area contributed by atoms with Gasteiger partial charge in [0.2, 0.25) is 4.96 Å². The normalized spacial score (nSPS) is 11.2. The topological polar surface area (TPSA) is 47.3 Å². The van der Waals surface area contributed by atoms with Crippen LogP contribution in [-0.4, -0.2) is 26.1 Å². The summed E-state index contributed by atoms with van der Waals surface area (Å²) in [5.41, 5.74) is 2.48. The molecule has 0 spiro atoms. The molecular formula is C18H10Cl3N3OS2. The molecule has 0 unspecified atom stereocenters. The average molecular weight is 455 g/mol. The molecular weight excluding hydrogens is 445 g/mol. The van der Waals surface area contributed by atoms with Crippen LogP contribution in [0.2, 0.25) is 15.1 Å². The molecule has 0 bridgehead atoms. The van der Waals surface area contributed by atoms with Crippen molar-refractivity contribution in [2.24, 2.45) is 0 Å². The Morgan fingerprint density at radius 1 is 1.04 bits per heavy atom. The summed E-state index contributed by atoms with van der Waals surface area (Å²) in [7, 11) is 0. The molecule has 0 amide bonds. The summed E-state index contributed by atoms with van der Waals surface area (Å²) in [6.45, 7) is 0. The van der Waals surface area contributed by atoms with E-state index in [1.807, 2.05) is 34.0 Å². The number of carbonyl (C=O) groups excluding carboxylic acids is 1. The first-order valence-corrected chi connectivity index (χ1v) is 10.7. The Bertz CT molecular complexity index is 1140. The lowest BCUT2D eigenvalue weighted by Gasteiger charge is -2.04. The number of nitrogens with zero attached hydrogens (tertiary/aromatic N) is 3. The van der Waals surface area contributed by atoms with Crippen LogP contribution in [0.3, 0.4) is 0 Å². The van der Waals surface area contributed by atoms with Crippen molar-refractivity contribution in [2.75, 3.05) is 5.75 Å². The minimum Gasteiger partial charge on any atom is -0.293 e. The van der Waals surface area contributed by atoms with Gasteiger partial charge in [-0.15, -0.1) is 21.5 Å². The fourth-order valence-corrected chi connectivity index (χ4v) is 4.65. The van der Waals surface area contributed by atoms with E-state index in [0.29, 0.717) is 25.8 Å². The number of hydrogen-bond donors (Lipinski definition) is 0. The molecule has 0 radical (unpaired) electrons. The lowest BCUT2D eigenvalue weighted by atomic mass is 10.1. The van der Waals surface area contributed by atoms with E-state index in [2.05, 4.69) is 10.2 Å². The number of rotatable bonds is 5. The zero-order valence-electron chi connectivity index (χ0n) is 13.5. The summed E-state index contributed by atoms with van der Waals surface area (Å²) < 4.78 is 1.95. The van der Waals surface area contributed by atoms with Gasteiger partial charge in [0.05, 0.1) is 21.5 Å². The molecule has 0 fully saturated rings. The predicted octanol–water partition coefficient (Wildman–Crippen LogP) is 6.39. The second-order valence-electron chi connectivity index (χ2n) is 5.57. The van der Waals surface area contributed by atoms with Crippen molar-refractivity contribution in [3.05, 3.63) is 68.5 Å². The molecule has 0 aliphatic rings. The van der Waals surface area contributed by atoms with Gasteiger partial charge in [0.25, 0.3) is 0 Å². The van der Waals surface area contributed by atoms with E-state index in [1.54, 1.807) is 18.2 Å². The van der Waals surface area contributed by atoms with Crippen LogP contribution in [0.25, 0.3) is 16.2 Å². The van der Waals surface area contributed by atoms with Gasteiger partial charge in [-0.1, -0.05) is 58.7 Å². The van der Waals surface area contributed by atoms with E-state index < -0.39 is 0 Å². The van der Waals surface area contributed by atoms with Crippen molar-refractivity contribution in [3.8, 4) is 11.3 Å². The molecule has 2 aromatic carbocycles. The number of halogens is 3. The zero-order valence-corrected chi connectivity index (χ0v) is 17.4. The van der Waals surface area contributed by atoms with Crippen LogP contribution in [0.1, 0.15) is 10.4 Å². The molecule has 4 rings (SSSR count). The van der Waals surface area contributed by atoms with Gasteiger partial charge in [-0.25, -0.2) is 0 Å². The molecule has 0 atom stereocenters. The molecule has 0 saturated carbocycles. The molecule has 0 aliphatic carbocycles. The Hall–Kier alpha value is -1.57. The van der Waals surface area contributed by atoms with Crippen molar-refractivity contribution < 1.29 is 4.79 Å². The smallest absolute Gasteiger partial charge is 0.217 e. The predicted molar refractivity (Wildman–Crippen MR) is 113 cm³/mol. The number of aromatic nitrogens is 3. The second-order valence-corrected chi connectivity index (χ2v) is 8.60. The minimum absolute atomic E-state index is 0.0569. The molecule has 9 heteroatoms. The quantitative estimate of drug-likeness (QED) is 0.259. The molecule has 0 saturated heterocycles. The third-order valence-corrected chi connectivity index (χ3v) is 6.57. The fourth-order valence-electron chi connectivity index (χ4n) is 2.49. The van der Waals surface area contributed by atoms with Crippen LogP contribution < -0.4 is 0 Å². The molecule has 27 heavy (non-hydrogen) atoms. The van der Waals surface area contributed by atoms with Gasteiger partial charge >= 0.3 is 0 Å². The maximum absolute atomic E-state index is 12.5. The van der Waals surface area contributed by atoms with Crippen LogP contribution in [0.4, 0.5) is 0 Å². The van der Waals surface area contributed by atoms with E-state index >= 15 is 0 Å². The molecule has 0 N–H and O–H groups in total. The van der Waals surface area contributed by atoms with Gasteiger partial charge in [0.1, 0.15) is 0 Å². The Balaban J connectivity index is 1.59. The van der Waals surface area contributed by atoms with Gasteiger partial charge in [-0.2, -0.15) is 0 Å². The number of hydrogen-bond acceptors (Lipinski definition) is 5. The molecule has 0 aliphatic heterocycles. The Kier molecular flexibility index (Phi) is 5.43. The third kappa shape index (κ3) is 3.86. The van der Waals surface area contributed by atoms with Crippen molar-refractivity contribution >= 4 is 68.6 Å². The van der Waals surface area contributed by atoms with Crippen molar-refractivity contribution in [3.63, 3.8) is 0 Å². The maximum Gasteiger partial charge on any atom is 0.217 e. The molecule has 136 valence electrons. The first-order chi connectivity index (χ1) is 13.0. The summed E-state index contributed by atoms with van der Waals surface area (Å²) in [5, 5.41) is 12.5. The first-order valence-electron chi connectivity index (χ1n) is 7.72. The highest BCUT2D eigenvalue weighted by atomic mass is 35.5. The molecule has 4 nitrogen and oxygen atoms in total. The number of fused-ring (bicyclic) bond motifs is 1. The molecule has 2 aromatic heterocycles. The summed E-state index contributed by atoms with van der Waals surface area (Å²) in [4.78, 5) is 13.2.